The molecule has 5 nitrogen and oxygen atoms in total. The predicted octanol–water partition coefficient (Wildman–Crippen LogP) is 2.96. The average Bonchev–Trinajstić information content (AvgIpc) is 2.62. The number of carbonyl (C=O) groups is 2. The van der Waals surface area contributed by atoms with Gasteiger partial charge in [0.15, 0.2) is 0 Å². The second kappa shape index (κ2) is 9.78. The van der Waals surface area contributed by atoms with E-state index in [1.165, 1.54) is 0 Å². The summed E-state index contributed by atoms with van der Waals surface area (Å²) >= 11 is 5.91. The summed E-state index contributed by atoms with van der Waals surface area (Å²) in [7, 11) is 1.64. The zero-order chi connectivity index (χ0) is 18.2. The van der Waals surface area contributed by atoms with Gasteiger partial charge in [-0.2, -0.15) is 0 Å². The Morgan fingerprint density at radius 2 is 2.04 bits per heavy atom. The SMILES string of the molecule is CCCN(CCOC)C(=O)C1CCC(=O)N(Cc2ccc(Cl)cc2)C1. The molecule has 1 aliphatic heterocycles. The predicted molar refractivity (Wildman–Crippen MR) is 98.3 cm³/mol. The van der Waals surface area contributed by atoms with Crippen LogP contribution in [-0.2, 0) is 20.9 Å². The fourth-order valence-corrected chi connectivity index (χ4v) is 3.27. The number of hydrogen-bond acceptors (Lipinski definition) is 3. The quantitative estimate of drug-likeness (QED) is 0.710. The van der Waals surface area contributed by atoms with Crippen LogP contribution in [0.2, 0.25) is 5.02 Å². The standard InChI is InChI=1S/C19H27ClN2O3/c1-3-10-21(11-12-25-2)19(24)16-6-9-18(23)22(14-16)13-15-4-7-17(20)8-5-15/h4-5,7-8,16H,3,6,9-14H2,1-2H3. The van der Waals surface area contributed by atoms with E-state index in [0.717, 1.165) is 18.5 Å². The number of ether oxygens (including phenoxy) is 1. The molecule has 0 radical (unpaired) electrons. The van der Waals surface area contributed by atoms with Gasteiger partial charge in [0.1, 0.15) is 0 Å². The normalized spacial score (nSPS) is 17.6. The molecule has 2 amide bonds. The number of benzene rings is 1. The number of carbonyl (C=O) groups excluding carboxylic acids is 2. The van der Waals surface area contributed by atoms with Gasteiger partial charge < -0.3 is 14.5 Å². The number of likely N-dealkylation sites (tertiary alicyclic amines) is 1. The van der Waals surface area contributed by atoms with Crippen LogP contribution in [0.15, 0.2) is 24.3 Å². The highest BCUT2D eigenvalue weighted by Crippen LogP contribution is 2.22. The lowest BCUT2D eigenvalue weighted by atomic mass is 9.95. The number of halogens is 1. The van der Waals surface area contributed by atoms with Crippen LogP contribution in [0.5, 0.6) is 0 Å². The summed E-state index contributed by atoms with van der Waals surface area (Å²) in [4.78, 5) is 28.8. The van der Waals surface area contributed by atoms with Crippen LogP contribution in [0.1, 0.15) is 31.7 Å². The van der Waals surface area contributed by atoms with Crippen LogP contribution < -0.4 is 0 Å². The van der Waals surface area contributed by atoms with E-state index in [2.05, 4.69) is 6.92 Å². The second-order valence-corrected chi connectivity index (χ2v) is 6.89. The fourth-order valence-electron chi connectivity index (χ4n) is 3.14. The van der Waals surface area contributed by atoms with Crippen molar-refractivity contribution < 1.29 is 14.3 Å². The van der Waals surface area contributed by atoms with Crippen LogP contribution in [0.3, 0.4) is 0 Å². The molecule has 1 aliphatic rings. The minimum atomic E-state index is -0.131. The molecule has 25 heavy (non-hydrogen) atoms. The minimum absolute atomic E-state index is 0.109. The van der Waals surface area contributed by atoms with Gasteiger partial charge >= 0.3 is 0 Å². The highest BCUT2D eigenvalue weighted by molar-refractivity contribution is 6.30. The van der Waals surface area contributed by atoms with Crippen LogP contribution in [0.4, 0.5) is 0 Å². The number of hydrogen-bond donors (Lipinski definition) is 0. The summed E-state index contributed by atoms with van der Waals surface area (Å²) in [5.41, 5.74) is 1.02. The Balaban J connectivity index is 2.00. The molecule has 0 aromatic heterocycles. The summed E-state index contributed by atoms with van der Waals surface area (Å²) in [6.07, 6.45) is 1.96. The molecule has 1 atom stereocenters. The van der Waals surface area contributed by atoms with E-state index in [0.29, 0.717) is 44.1 Å². The largest absolute Gasteiger partial charge is 0.383 e. The average molecular weight is 367 g/mol. The first-order valence-corrected chi connectivity index (χ1v) is 9.22. The monoisotopic (exact) mass is 366 g/mol. The molecule has 138 valence electrons. The maximum atomic E-state index is 12.9. The van der Waals surface area contributed by atoms with E-state index in [1.807, 2.05) is 29.2 Å². The van der Waals surface area contributed by atoms with Crippen molar-refractivity contribution in [3.63, 3.8) is 0 Å². The molecule has 0 N–H and O–H groups in total. The lowest BCUT2D eigenvalue weighted by Crippen LogP contribution is -2.47. The van der Waals surface area contributed by atoms with E-state index < -0.39 is 0 Å². The summed E-state index contributed by atoms with van der Waals surface area (Å²) in [6, 6.07) is 7.48. The van der Waals surface area contributed by atoms with Crippen molar-refractivity contribution >= 4 is 23.4 Å². The van der Waals surface area contributed by atoms with Gasteiger partial charge in [-0.05, 0) is 30.5 Å². The van der Waals surface area contributed by atoms with Crippen LogP contribution in [0, 0.1) is 5.92 Å². The molecule has 1 unspecified atom stereocenters. The molecule has 1 aromatic carbocycles. The van der Waals surface area contributed by atoms with Gasteiger partial charge in [-0.1, -0.05) is 30.7 Å². The van der Waals surface area contributed by atoms with Crippen molar-refractivity contribution in [1.29, 1.82) is 0 Å². The summed E-state index contributed by atoms with van der Waals surface area (Å²) in [6.45, 7) is 4.92. The van der Waals surface area contributed by atoms with Crippen molar-refractivity contribution in [2.75, 3.05) is 33.4 Å². The molecule has 1 heterocycles. The Bertz CT molecular complexity index is 577. The van der Waals surface area contributed by atoms with E-state index in [-0.39, 0.29) is 17.7 Å². The summed E-state index contributed by atoms with van der Waals surface area (Å²) < 4.78 is 5.11. The van der Waals surface area contributed by atoms with E-state index in [4.69, 9.17) is 16.3 Å². The Hall–Kier alpha value is -1.59. The second-order valence-electron chi connectivity index (χ2n) is 6.45. The first kappa shape index (κ1) is 19.7. The third-order valence-electron chi connectivity index (χ3n) is 4.51. The number of methoxy groups -OCH3 is 1. The van der Waals surface area contributed by atoms with Gasteiger partial charge in [-0.3, -0.25) is 9.59 Å². The summed E-state index contributed by atoms with van der Waals surface area (Å²) in [5, 5.41) is 0.676. The molecule has 0 aliphatic carbocycles. The summed E-state index contributed by atoms with van der Waals surface area (Å²) in [5.74, 6) is 0.110. The Labute approximate surface area is 154 Å². The number of nitrogens with zero attached hydrogens (tertiary/aromatic N) is 2. The van der Waals surface area contributed by atoms with Gasteiger partial charge in [0.05, 0.1) is 12.5 Å². The molecule has 0 bridgehead atoms. The van der Waals surface area contributed by atoms with Gasteiger partial charge in [0.2, 0.25) is 11.8 Å². The Kier molecular flexibility index (Phi) is 7.72. The highest BCUT2D eigenvalue weighted by atomic mass is 35.5. The molecule has 1 fully saturated rings. The molecule has 6 heteroatoms. The van der Waals surface area contributed by atoms with Gasteiger partial charge in [0, 0.05) is 44.7 Å². The fraction of sp³-hybridized carbons (Fsp3) is 0.579. The molecule has 0 spiro atoms. The maximum absolute atomic E-state index is 12.9. The first-order chi connectivity index (χ1) is 12.0. The van der Waals surface area contributed by atoms with Crippen LogP contribution >= 0.6 is 11.6 Å². The smallest absolute Gasteiger partial charge is 0.227 e. The topological polar surface area (TPSA) is 49.9 Å². The van der Waals surface area contributed by atoms with Gasteiger partial charge in [-0.25, -0.2) is 0 Å². The third-order valence-corrected chi connectivity index (χ3v) is 4.76. The third kappa shape index (κ3) is 5.72. The van der Waals surface area contributed by atoms with Crippen molar-refractivity contribution in [1.82, 2.24) is 9.80 Å². The number of amides is 2. The van der Waals surface area contributed by atoms with Crippen molar-refractivity contribution in [2.45, 2.75) is 32.7 Å². The molecule has 0 saturated carbocycles. The highest BCUT2D eigenvalue weighted by Gasteiger charge is 2.32. The van der Waals surface area contributed by atoms with Gasteiger partial charge in [0.25, 0.3) is 0 Å². The molecule has 1 saturated heterocycles. The van der Waals surface area contributed by atoms with Crippen molar-refractivity contribution in [3.8, 4) is 0 Å². The minimum Gasteiger partial charge on any atom is -0.383 e. The van der Waals surface area contributed by atoms with Gasteiger partial charge in [-0.15, -0.1) is 0 Å². The van der Waals surface area contributed by atoms with E-state index in [1.54, 1.807) is 12.0 Å². The van der Waals surface area contributed by atoms with E-state index >= 15 is 0 Å². The number of piperidine rings is 1. The van der Waals surface area contributed by atoms with Crippen molar-refractivity contribution in [2.24, 2.45) is 5.92 Å². The molecule has 1 aromatic rings. The molecular weight excluding hydrogens is 340 g/mol. The lowest BCUT2D eigenvalue weighted by molar-refractivity contribution is -0.144. The maximum Gasteiger partial charge on any atom is 0.227 e. The number of rotatable bonds is 8. The lowest BCUT2D eigenvalue weighted by Gasteiger charge is -2.35. The Morgan fingerprint density at radius 1 is 1.32 bits per heavy atom. The zero-order valence-electron chi connectivity index (χ0n) is 15.0. The van der Waals surface area contributed by atoms with Crippen LogP contribution in [0.25, 0.3) is 0 Å². The zero-order valence-corrected chi connectivity index (χ0v) is 15.8. The Morgan fingerprint density at radius 3 is 2.68 bits per heavy atom. The molecule has 2 rings (SSSR count). The first-order valence-electron chi connectivity index (χ1n) is 8.85. The van der Waals surface area contributed by atoms with E-state index in [9.17, 15) is 9.59 Å². The molecular formula is C19H27ClN2O3. The van der Waals surface area contributed by atoms with Crippen LogP contribution in [-0.4, -0.2) is 55.0 Å². The van der Waals surface area contributed by atoms with Crippen molar-refractivity contribution in [3.05, 3.63) is 34.9 Å².